The first-order chi connectivity index (χ1) is 14.9. The van der Waals surface area contributed by atoms with Crippen LogP contribution in [0.1, 0.15) is 31.7 Å². The van der Waals surface area contributed by atoms with Crippen molar-refractivity contribution in [2.24, 2.45) is 0 Å². The number of ether oxygens (including phenoxy) is 1. The third-order valence-electron chi connectivity index (χ3n) is 5.19. The van der Waals surface area contributed by atoms with Gasteiger partial charge in [0.05, 0.1) is 23.7 Å². The molecule has 168 valence electrons. The summed E-state index contributed by atoms with van der Waals surface area (Å²) >= 11 is 0. The molecule has 1 aliphatic heterocycles. The highest BCUT2D eigenvalue weighted by molar-refractivity contribution is 7.89. The third kappa shape index (κ3) is 6.29. The molecule has 2 aromatic rings. The molecule has 0 unspecified atom stereocenters. The fourth-order valence-electron chi connectivity index (χ4n) is 3.69. The van der Waals surface area contributed by atoms with Crippen molar-refractivity contribution in [1.29, 1.82) is 0 Å². The van der Waals surface area contributed by atoms with Crippen LogP contribution < -0.4 is 10.1 Å². The van der Waals surface area contributed by atoms with Crippen LogP contribution in [0.5, 0.6) is 5.75 Å². The SMILES string of the molecule is CCOc1ccc(S(=O)(=O)N2CCCCC2)cc1NC(=O)CN(C)Cc1ccccc1. The van der Waals surface area contributed by atoms with Gasteiger partial charge in [-0.1, -0.05) is 36.8 Å². The zero-order valence-electron chi connectivity index (χ0n) is 18.2. The quantitative estimate of drug-likeness (QED) is 0.641. The van der Waals surface area contributed by atoms with Crippen molar-refractivity contribution in [3.05, 3.63) is 54.1 Å². The zero-order chi connectivity index (χ0) is 22.3. The lowest BCUT2D eigenvalue weighted by atomic mass is 10.2. The minimum atomic E-state index is -3.60. The van der Waals surface area contributed by atoms with Crippen LogP contribution in [0.2, 0.25) is 0 Å². The van der Waals surface area contributed by atoms with Crippen molar-refractivity contribution in [2.75, 3.05) is 38.6 Å². The second-order valence-corrected chi connectivity index (χ2v) is 9.70. The molecule has 2 aromatic carbocycles. The molecular weight excluding hydrogens is 414 g/mol. The molecule has 1 saturated heterocycles. The Bertz CT molecular complexity index is 974. The van der Waals surface area contributed by atoms with Crippen molar-refractivity contribution in [1.82, 2.24) is 9.21 Å². The molecule has 7 nitrogen and oxygen atoms in total. The van der Waals surface area contributed by atoms with E-state index in [2.05, 4.69) is 5.32 Å². The Labute approximate surface area is 185 Å². The Balaban J connectivity index is 1.73. The minimum absolute atomic E-state index is 0.170. The van der Waals surface area contributed by atoms with E-state index in [0.717, 1.165) is 24.8 Å². The second-order valence-electron chi connectivity index (χ2n) is 7.76. The fraction of sp³-hybridized carbons (Fsp3) is 0.435. The van der Waals surface area contributed by atoms with Gasteiger partial charge in [0.25, 0.3) is 0 Å². The fourth-order valence-corrected chi connectivity index (χ4v) is 5.23. The Morgan fingerprint density at radius 2 is 1.81 bits per heavy atom. The number of nitrogens with one attached hydrogen (secondary N) is 1. The standard InChI is InChI=1S/C23H31N3O4S/c1-3-30-22-13-12-20(31(28,29)26-14-8-5-9-15-26)16-21(22)24-23(27)18-25(2)17-19-10-6-4-7-11-19/h4,6-7,10-13,16H,3,5,8-9,14-15,17-18H2,1-2H3,(H,24,27). The normalized spacial score (nSPS) is 15.1. The number of nitrogens with zero attached hydrogens (tertiary/aromatic N) is 2. The van der Waals surface area contributed by atoms with Gasteiger partial charge < -0.3 is 10.1 Å². The smallest absolute Gasteiger partial charge is 0.243 e. The van der Waals surface area contributed by atoms with Crippen LogP contribution in [0.25, 0.3) is 0 Å². The van der Waals surface area contributed by atoms with E-state index in [1.54, 1.807) is 12.1 Å². The van der Waals surface area contributed by atoms with E-state index in [4.69, 9.17) is 4.74 Å². The number of rotatable bonds is 9. The summed E-state index contributed by atoms with van der Waals surface area (Å²) in [7, 11) is -1.73. The van der Waals surface area contributed by atoms with Crippen molar-refractivity contribution < 1.29 is 17.9 Å². The summed E-state index contributed by atoms with van der Waals surface area (Å²) in [5.41, 5.74) is 1.49. The molecule has 1 aliphatic rings. The first-order valence-electron chi connectivity index (χ1n) is 10.7. The molecule has 1 fully saturated rings. The monoisotopic (exact) mass is 445 g/mol. The first-order valence-corrected chi connectivity index (χ1v) is 12.1. The Hall–Kier alpha value is -2.42. The summed E-state index contributed by atoms with van der Waals surface area (Å²) in [6.07, 6.45) is 2.79. The highest BCUT2D eigenvalue weighted by atomic mass is 32.2. The average Bonchev–Trinajstić information content (AvgIpc) is 2.76. The lowest BCUT2D eigenvalue weighted by Gasteiger charge is -2.26. The molecule has 0 atom stereocenters. The highest BCUT2D eigenvalue weighted by Crippen LogP contribution is 2.30. The molecular formula is C23H31N3O4S. The number of likely N-dealkylation sites (N-methyl/N-ethyl adjacent to an activating group) is 1. The number of hydrogen-bond donors (Lipinski definition) is 1. The first kappa shape index (κ1) is 23.2. The second kappa shape index (κ2) is 10.7. The topological polar surface area (TPSA) is 79.0 Å². The zero-order valence-corrected chi connectivity index (χ0v) is 19.0. The molecule has 0 saturated carbocycles. The molecule has 0 aliphatic carbocycles. The van der Waals surface area contributed by atoms with Crippen LogP contribution in [0.15, 0.2) is 53.4 Å². The van der Waals surface area contributed by atoms with E-state index < -0.39 is 10.0 Å². The maximum absolute atomic E-state index is 13.0. The number of carbonyl (C=O) groups excluding carboxylic acids is 1. The van der Waals surface area contributed by atoms with Crippen molar-refractivity contribution in [3.63, 3.8) is 0 Å². The number of benzene rings is 2. The summed E-state index contributed by atoms with van der Waals surface area (Å²) in [6, 6.07) is 14.6. The number of anilines is 1. The summed E-state index contributed by atoms with van der Waals surface area (Å²) in [6.45, 7) is 4.12. The third-order valence-corrected chi connectivity index (χ3v) is 7.08. The summed E-state index contributed by atoms with van der Waals surface area (Å²) in [4.78, 5) is 14.7. The average molecular weight is 446 g/mol. The van der Waals surface area contributed by atoms with Gasteiger partial charge in [-0.3, -0.25) is 9.69 Å². The lowest BCUT2D eigenvalue weighted by molar-refractivity contribution is -0.117. The van der Waals surface area contributed by atoms with Gasteiger partial charge in [0.2, 0.25) is 15.9 Å². The number of carbonyl (C=O) groups is 1. The number of hydrogen-bond acceptors (Lipinski definition) is 5. The van der Waals surface area contributed by atoms with Crippen molar-refractivity contribution >= 4 is 21.6 Å². The van der Waals surface area contributed by atoms with E-state index >= 15 is 0 Å². The van der Waals surface area contributed by atoms with Gasteiger partial charge in [-0.2, -0.15) is 4.31 Å². The van der Waals surface area contributed by atoms with Crippen LogP contribution >= 0.6 is 0 Å². The van der Waals surface area contributed by atoms with Crippen LogP contribution in [-0.4, -0.2) is 56.8 Å². The van der Waals surface area contributed by atoms with Crippen molar-refractivity contribution in [2.45, 2.75) is 37.6 Å². The Morgan fingerprint density at radius 3 is 2.48 bits per heavy atom. The van der Waals surface area contributed by atoms with E-state index in [-0.39, 0.29) is 17.3 Å². The van der Waals surface area contributed by atoms with Crippen LogP contribution in [0, 0.1) is 0 Å². The molecule has 1 amide bonds. The minimum Gasteiger partial charge on any atom is -0.492 e. The molecule has 1 heterocycles. The maximum Gasteiger partial charge on any atom is 0.243 e. The molecule has 3 rings (SSSR count). The predicted molar refractivity (Wildman–Crippen MR) is 122 cm³/mol. The van der Waals surface area contributed by atoms with Crippen LogP contribution in [0.3, 0.4) is 0 Å². The highest BCUT2D eigenvalue weighted by Gasteiger charge is 2.27. The van der Waals surface area contributed by atoms with Crippen LogP contribution in [-0.2, 0) is 21.4 Å². The molecule has 0 aromatic heterocycles. The molecule has 0 spiro atoms. The van der Waals surface area contributed by atoms with Gasteiger partial charge in [-0.25, -0.2) is 8.42 Å². The number of amides is 1. The van der Waals surface area contributed by atoms with E-state index in [9.17, 15) is 13.2 Å². The maximum atomic E-state index is 13.0. The largest absolute Gasteiger partial charge is 0.492 e. The summed E-state index contributed by atoms with van der Waals surface area (Å²) < 4.78 is 33.2. The molecule has 0 bridgehead atoms. The van der Waals surface area contributed by atoms with Gasteiger partial charge in [0.15, 0.2) is 0 Å². The Morgan fingerprint density at radius 1 is 1.10 bits per heavy atom. The number of piperidine rings is 1. The molecule has 31 heavy (non-hydrogen) atoms. The molecule has 0 radical (unpaired) electrons. The van der Waals surface area contributed by atoms with Crippen molar-refractivity contribution in [3.8, 4) is 5.75 Å². The van der Waals surface area contributed by atoms with E-state index in [1.165, 1.54) is 10.4 Å². The van der Waals surface area contributed by atoms with E-state index in [0.29, 0.717) is 37.7 Å². The van der Waals surface area contributed by atoms with Gasteiger partial charge in [0, 0.05) is 19.6 Å². The van der Waals surface area contributed by atoms with Gasteiger partial charge in [0.1, 0.15) is 5.75 Å². The summed E-state index contributed by atoms with van der Waals surface area (Å²) in [5, 5.41) is 2.84. The van der Waals surface area contributed by atoms with Gasteiger partial charge in [-0.15, -0.1) is 0 Å². The van der Waals surface area contributed by atoms with Gasteiger partial charge >= 0.3 is 0 Å². The predicted octanol–water partition coefficient (Wildman–Crippen LogP) is 3.33. The Kier molecular flexibility index (Phi) is 8.06. The molecule has 8 heteroatoms. The number of sulfonamides is 1. The lowest BCUT2D eigenvalue weighted by Crippen LogP contribution is -2.35. The van der Waals surface area contributed by atoms with Gasteiger partial charge in [-0.05, 0) is 50.6 Å². The summed E-state index contributed by atoms with van der Waals surface area (Å²) in [5.74, 6) is 0.228. The van der Waals surface area contributed by atoms with Crippen LogP contribution in [0.4, 0.5) is 5.69 Å². The molecule has 1 N–H and O–H groups in total. The van der Waals surface area contributed by atoms with E-state index in [1.807, 2.05) is 49.2 Å².